The number of hydrogen-bond donors (Lipinski definition) is 1. The molecular weight excluding hydrogens is 424 g/mol. The van der Waals surface area contributed by atoms with Crippen LogP contribution in [0.3, 0.4) is 0 Å². The van der Waals surface area contributed by atoms with Gasteiger partial charge in [0.2, 0.25) is 5.91 Å². The van der Waals surface area contributed by atoms with Gasteiger partial charge in [0.25, 0.3) is 6.47 Å². The summed E-state index contributed by atoms with van der Waals surface area (Å²) >= 11 is 0. The summed E-state index contributed by atoms with van der Waals surface area (Å²) in [5.41, 5.74) is 1.57. The highest BCUT2D eigenvalue weighted by molar-refractivity contribution is 5.95. The molecule has 33 heavy (non-hydrogen) atoms. The van der Waals surface area contributed by atoms with Crippen LogP contribution in [0.25, 0.3) is 0 Å². The van der Waals surface area contributed by atoms with E-state index in [0.29, 0.717) is 19.4 Å². The SMILES string of the molecule is C=C1CC(C(O)C(C)C(=O)N2C(=O)OC(c3ccccc3)C2C)N(C)C1.CC(C)(C)OC=O. The van der Waals surface area contributed by atoms with Crippen molar-refractivity contribution in [1.82, 2.24) is 9.80 Å². The van der Waals surface area contributed by atoms with Crippen LogP contribution in [0.5, 0.6) is 0 Å². The Hall–Kier alpha value is -2.71. The van der Waals surface area contributed by atoms with Crippen LogP contribution < -0.4 is 0 Å². The van der Waals surface area contributed by atoms with E-state index in [2.05, 4.69) is 11.3 Å². The molecule has 1 aromatic rings. The second kappa shape index (κ2) is 10.9. The lowest BCUT2D eigenvalue weighted by Crippen LogP contribution is -2.49. The maximum absolute atomic E-state index is 13.0. The number of rotatable bonds is 5. The lowest BCUT2D eigenvalue weighted by atomic mass is 9.93. The van der Waals surface area contributed by atoms with Crippen LogP contribution in [0.4, 0.5) is 4.79 Å². The zero-order valence-electron chi connectivity index (χ0n) is 20.4. The lowest BCUT2D eigenvalue weighted by Gasteiger charge is -2.30. The first-order valence-electron chi connectivity index (χ1n) is 11.1. The van der Waals surface area contributed by atoms with Gasteiger partial charge in [-0.1, -0.05) is 49.4 Å². The molecule has 2 saturated heterocycles. The van der Waals surface area contributed by atoms with Gasteiger partial charge < -0.3 is 14.6 Å². The summed E-state index contributed by atoms with van der Waals surface area (Å²) in [6.07, 6.45) is -1.37. The molecule has 2 aliphatic rings. The molecule has 2 amide bonds. The molecule has 8 heteroatoms. The summed E-state index contributed by atoms with van der Waals surface area (Å²) in [7, 11) is 1.90. The van der Waals surface area contributed by atoms with E-state index in [-0.39, 0.29) is 11.6 Å². The van der Waals surface area contributed by atoms with Crippen molar-refractivity contribution in [2.45, 2.75) is 70.9 Å². The highest BCUT2D eigenvalue weighted by atomic mass is 16.6. The van der Waals surface area contributed by atoms with Crippen molar-refractivity contribution in [3.8, 4) is 0 Å². The van der Waals surface area contributed by atoms with Gasteiger partial charge in [-0.15, -0.1) is 0 Å². The minimum Gasteiger partial charge on any atom is -0.462 e. The summed E-state index contributed by atoms with van der Waals surface area (Å²) in [5, 5.41) is 10.7. The number of imide groups is 1. The van der Waals surface area contributed by atoms with Crippen molar-refractivity contribution in [1.29, 1.82) is 0 Å². The number of likely N-dealkylation sites (N-methyl/N-ethyl adjacent to an activating group) is 1. The summed E-state index contributed by atoms with van der Waals surface area (Å²) in [4.78, 5) is 38.0. The van der Waals surface area contributed by atoms with Gasteiger partial charge in [0, 0.05) is 12.6 Å². The third-order valence-electron chi connectivity index (χ3n) is 5.87. The summed E-state index contributed by atoms with van der Waals surface area (Å²) in [6.45, 7) is 14.1. The highest BCUT2D eigenvalue weighted by Gasteiger charge is 2.47. The Balaban J connectivity index is 0.000000479. The van der Waals surface area contributed by atoms with Gasteiger partial charge in [0.1, 0.15) is 11.7 Å². The quantitative estimate of drug-likeness (QED) is 0.532. The van der Waals surface area contributed by atoms with Gasteiger partial charge >= 0.3 is 6.09 Å². The molecule has 0 saturated carbocycles. The Morgan fingerprint density at radius 3 is 2.36 bits per heavy atom. The molecule has 5 unspecified atom stereocenters. The van der Waals surface area contributed by atoms with Crippen LogP contribution in [0.2, 0.25) is 0 Å². The molecule has 8 nitrogen and oxygen atoms in total. The molecule has 5 atom stereocenters. The van der Waals surface area contributed by atoms with Crippen molar-refractivity contribution in [3.63, 3.8) is 0 Å². The predicted molar refractivity (Wildman–Crippen MR) is 124 cm³/mol. The monoisotopic (exact) mass is 460 g/mol. The van der Waals surface area contributed by atoms with Crippen LogP contribution in [-0.2, 0) is 19.1 Å². The second-order valence-electron chi connectivity index (χ2n) is 9.71. The third kappa shape index (κ3) is 6.65. The Bertz CT molecular complexity index is 850. The van der Waals surface area contributed by atoms with Gasteiger partial charge in [0.05, 0.1) is 18.1 Å². The molecule has 0 aromatic heterocycles. The van der Waals surface area contributed by atoms with Crippen molar-refractivity contribution >= 4 is 18.5 Å². The van der Waals surface area contributed by atoms with E-state index in [9.17, 15) is 19.5 Å². The van der Waals surface area contributed by atoms with E-state index >= 15 is 0 Å². The molecule has 0 spiro atoms. The fraction of sp³-hybridized carbons (Fsp3) is 0.560. The summed E-state index contributed by atoms with van der Waals surface area (Å²) in [5.74, 6) is -1.11. The molecule has 2 fully saturated rings. The number of amides is 2. The fourth-order valence-electron chi connectivity index (χ4n) is 4.06. The maximum atomic E-state index is 13.0. The molecule has 3 rings (SSSR count). The first-order chi connectivity index (χ1) is 15.4. The van der Waals surface area contributed by atoms with Crippen molar-refractivity contribution in [3.05, 3.63) is 48.0 Å². The first kappa shape index (κ1) is 26.5. The topological polar surface area (TPSA) is 96.4 Å². The molecule has 2 heterocycles. The highest BCUT2D eigenvalue weighted by Crippen LogP contribution is 2.34. The maximum Gasteiger partial charge on any atom is 0.417 e. The number of ether oxygens (including phenoxy) is 2. The van der Waals surface area contributed by atoms with E-state index in [4.69, 9.17) is 4.74 Å². The normalized spacial score (nSPS) is 25.1. The minimum absolute atomic E-state index is 0.166. The summed E-state index contributed by atoms with van der Waals surface area (Å²) in [6, 6.07) is 8.78. The molecule has 2 aliphatic heterocycles. The Morgan fingerprint density at radius 1 is 1.30 bits per heavy atom. The number of nitrogens with zero attached hydrogens (tertiary/aromatic N) is 2. The standard InChI is InChI=1S/C20H26N2O4.C5H10O2/c1-12-10-16(21(4)11-12)17(23)13(2)19(24)22-14(3)18(26-20(22)25)15-8-6-5-7-9-15;1-5(2,3)7-4-6/h5-9,13-14,16-18,23H,1,10-11H2,2-4H3;4H,1-3H3. The van der Waals surface area contributed by atoms with E-state index in [1.807, 2.05) is 63.1 Å². The zero-order chi connectivity index (χ0) is 24.9. The van der Waals surface area contributed by atoms with Gasteiger partial charge in [-0.25, -0.2) is 9.69 Å². The average molecular weight is 461 g/mol. The van der Waals surface area contributed by atoms with E-state index in [0.717, 1.165) is 16.0 Å². The molecule has 1 aromatic carbocycles. The smallest absolute Gasteiger partial charge is 0.417 e. The first-order valence-corrected chi connectivity index (χ1v) is 11.1. The lowest BCUT2D eigenvalue weighted by molar-refractivity contribution is -0.139. The Labute approximate surface area is 196 Å². The summed E-state index contributed by atoms with van der Waals surface area (Å²) < 4.78 is 10.00. The Kier molecular flexibility index (Phi) is 8.80. The predicted octanol–water partition coefficient (Wildman–Crippen LogP) is 3.31. The molecule has 0 radical (unpaired) electrons. The molecule has 0 aliphatic carbocycles. The fourth-order valence-corrected chi connectivity index (χ4v) is 4.06. The third-order valence-corrected chi connectivity index (χ3v) is 5.87. The minimum atomic E-state index is -0.873. The van der Waals surface area contributed by atoms with Crippen LogP contribution >= 0.6 is 0 Å². The second-order valence-corrected chi connectivity index (χ2v) is 9.71. The van der Waals surface area contributed by atoms with Crippen molar-refractivity contribution in [2.24, 2.45) is 5.92 Å². The van der Waals surface area contributed by atoms with Crippen LogP contribution in [0.1, 0.15) is 52.7 Å². The van der Waals surface area contributed by atoms with Crippen molar-refractivity contribution in [2.75, 3.05) is 13.6 Å². The largest absolute Gasteiger partial charge is 0.462 e. The van der Waals surface area contributed by atoms with Crippen LogP contribution in [0.15, 0.2) is 42.5 Å². The number of aliphatic hydroxyl groups is 1. The van der Waals surface area contributed by atoms with Crippen LogP contribution in [-0.4, -0.2) is 70.8 Å². The van der Waals surface area contributed by atoms with Gasteiger partial charge in [-0.05, 0) is 46.7 Å². The number of carbonyl (C=O) groups excluding carboxylic acids is 3. The van der Waals surface area contributed by atoms with E-state index in [1.165, 1.54) is 0 Å². The number of benzene rings is 1. The van der Waals surface area contributed by atoms with Gasteiger partial charge in [0.15, 0.2) is 0 Å². The Morgan fingerprint density at radius 2 is 1.91 bits per heavy atom. The van der Waals surface area contributed by atoms with Crippen molar-refractivity contribution < 1.29 is 29.0 Å². The van der Waals surface area contributed by atoms with E-state index < -0.39 is 36.2 Å². The number of cyclic esters (lactones) is 1. The molecule has 1 N–H and O–H groups in total. The van der Waals surface area contributed by atoms with Gasteiger partial charge in [-0.3, -0.25) is 14.5 Å². The van der Waals surface area contributed by atoms with E-state index in [1.54, 1.807) is 13.8 Å². The van der Waals surface area contributed by atoms with Gasteiger partial charge in [-0.2, -0.15) is 0 Å². The number of hydrogen-bond acceptors (Lipinski definition) is 7. The zero-order valence-corrected chi connectivity index (χ0v) is 20.4. The number of carbonyl (C=O) groups is 3. The molecular formula is C25H36N2O6. The average Bonchev–Trinajstić information content (AvgIpc) is 3.23. The molecule has 0 bridgehead atoms. The number of likely N-dealkylation sites (tertiary alicyclic amines) is 1. The van der Waals surface area contributed by atoms with Crippen LogP contribution in [0, 0.1) is 5.92 Å². The molecule has 182 valence electrons. The number of aliphatic hydroxyl groups excluding tert-OH is 1.